The molecule has 0 saturated heterocycles. The number of rotatable bonds is 3. The molecule has 76 valence electrons. The van der Waals surface area contributed by atoms with Crippen LogP contribution < -0.4 is 0 Å². The number of hydrogen-bond acceptors (Lipinski definition) is 4. The number of aryl methyl sites for hydroxylation is 1. The van der Waals surface area contributed by atoms with Gasteiger partial charge in [0, 0.05) is 24.6 Å². The Kier molecular flexibility index (Phi) is 3.83. The zero-order valence-corrected chi connectivity index (χ0v) is 8.84. The zero-order valence-electron chi connectivity index (χ0n) is 8.08. The Bertz CT molecular complexity index is 321. The molecule has 0 N–H and O–H groups in total. The number of ether oxygens (including phenoxy) is 1. The standard InChI is InChI=1S/C9H11ClN2O2/c1-6-8(3-4-14-7(2)13)9(10)12-5-11-6/h5H,3-4H2,1-2H3. The second kappa shape index (κ2) is 4.91. The van der Waals surface area contributed by atoms with Crippen LogP contribution in [0.4, 0.5) is 0 Å². The van der Waals surface area contributed by atoms with E-state index in [1.165, 1.54) is 13.3 Å². The number of nitrogens with zero attached hydrogens (tertiary/aromatic N) is 2. The third kappa shape index (κ3) is 2.96. The van der Waals surface area contributed by atoms with Crippen LogP contribution in [0.25, 0.3) is 0 Å². The van der Waals surface area contributed by atoms with Gasteiger partial charge in [0.2, 0.25) is 0 Å². The first-order chi connectivity index (χ1) is 6.61. The van der Waals surface area contributed by atoms with Crippen LogP contribution in [0.2, 0.25) is 5.15 Å². The normalized spacial score (nSPS) is 9.93. The van der Waals surface area contributed by atoms with Crippen molar-refractivity contribution in [2.45, 2.75) is 20.3 Å². The van der Waals surface area contributed by atoms with Gasteiger partial charge in [-0.2, -0.15) is 0 Å². The molecular formula is C9H11ClN2O2. The van der Waals surface area contributed by atoms with Gasteiger partial charge in [0.05, 0.1) is 6.61 Å². The monoisotopic (exact) mass is 214 g/mol. The smallest absolute Gasteiger partial charge is 0.302 e. The maximum atomic E-state index is 10.5. The van der Waals surface area contributed by atoms with Gasteiger partial charge in [-0.3, -0.25) is 4.79 Å². The Hall–Kier alpha value is -1.16. The van der Waals surface area contributed by atoms with E-state index in [1.54, 1.807) is 0 Å². The summed E-state index contributed by atoms with van der Waals surface area (Å²) in [6.45, 7) is 3.52. The summed E-state index contributed by atoms with van der Waals surface area (Å²) in [7, 11) is 0. The molecule has 0 unspecified atom stereocenters. The van der Waals surface area contributed by atoms with Crippen molar-refractivity contribution >= 4 is 17.6 Å². The van der Waals surface area contributed by atoms with Gasteiger partial charge in [0.15, 0.2) is 0 Å². The summed E-state index contributed by atoms with van der Waals surface area (Å²) in [5.74, 6) is -0.296. The maximum absolute atomic E-state index is 10.5. The molecule has 1 heterocycles. The first kappa shape index (κ1) is 10.9. The van der Waals surface area contributed by atoms with Gasteiger partial charge in [-0.05, 0) is 6.92 Å². The first-order valence-electron chi connectivity index (χ1n) is 4.20. The molecule has 0 fully saturated rings. The molecule has 0 bridgehead atoms. The number of esters is 1. The second-order valence-electron chi connectivity index (χ2n) is 2.82. The van der Waals surface area contributed by atoms with E-state index in [1.807, 2.05) is 6.92 Å². The summed E-state index contributed by atoms with van der Waals surface area (Å²) in [6.07, 6.45) is 1.96. The molecule has 1 aromatic rings. The first-order valence-corrected chi connectivity index (χ1v) is 4.58. The van der Waals surface area contributed by atoms with Gasteiger partial charge < -0.3 is 4.74 Å². The fraction of sp³-hybridized carbons (Fsp3) is 0.444. The van der Waals surface area contributed by atoms with Gasteiger partial charge in [0.1, 0.15) is 11.5 Å². The number of carbonyl (C=O) groups excluding carboxylic acids is 1. The Balaban J connectivity index is 2.62. The molecule has 4 nitrogen and oxygen atoms in total. The lowest BCUT2D eigenvalue weighted by molar-refractivity contribution is -0.140. The lowest BCUT2D eigenvalue weighted by atomic mass is 10.2. The third-order valence-corrected chi connectivity index (χ3v) is 2.09. The lowest BCUT2D eigenvalue weighted by Gasteiger charge is -2.05. The minimum Gasteiger partial charge on any atom is -0.466 e. The van der Waals surface area contributed by atoms with Gasteiger partial charge in [-0.15, -0.1) is 0 Å². The van der Waals surface area contributed by atoms with E-state index in [0.717, 1.165) is 11.3 Å². The van der Waals surface area contributed by atoms with Gasteiger partial charge in [-0.1, -0.05) is 11.6 Å². The molecule has 1 aromatic heterocycles. The topological polar surface area (TPSA) is 52.1 Å². The van der Waals surface area contributed by atoms with Crippen molar-refractivity contribution in [1.29, 1.82) is 0 Å². The van der Waals surface area contributed by atoms with Crippen LogP contribution in [-0.2, 0) is 16.0 Å². The molecule has 0 aromatic carbocycles. The fourth-order valence-corrected chi connectivity index (χ4v) is 1.33. The summed E-state index contributed by atoms with van der Waals surface area (Å²) in [5.41, 5.74) is 1.65. The Labute approximate surface area is 87.3 Å². The van der Waals surface area contributed by atoms with E-state index < -0.39 is 0 Å². The van der Waals surface area contributed by atoms with E-state index in [-0.39, 0.29) is 5.97 Å². The highest BCUT2D eigenvalue weighted by Crippen LogP contribution is 2.15. The summed E-state index contributed by atoms with van der Waals surface area (Å²) in [4.78, 5) is 18.4. The largest absolute Gasteiger partial charge is 0.466 e. The SMILES string of the molecule is CC(=O)OCCc1c(C)ncnc1Cl. The second-order valence-corrected chi connectivity index (χ2v) is 3.18. The Morgan fingerprint density at radius 2 is 2.29 bits per heavy atom. The molecule has 0 spiro atoms. The van der Waals surface area contributed by atoms with Crippen molar-refractivity contribution in [2.24, 2.45) is 0 Å². The average Bonchev–Trinajstić information content (AvgIpc) is 2.09. The molecule has 0 aliphatic heterocycles. The highest BCUT2D eigenvalue weighted by atomic mass is 35.5. The van der Waals surface area contributed by atoms with Crippen LogP contribution in [0.3, 0.4) is 0 Å². The Morgan fingerprint density at radius 3 is 2.86 bits per heavy atom. The van der Waals surface area contributed by atoms with E-state index in [2.05, 4.69) is 9.97 Å². The maximum Gasteiger partial charge on any atom is 0.302 e. The summed E-state index contributed by atoms with van der Waals surface area (Å²) >= 11 is 5.85. The minimum atomic E-state index is -0.296. The van der Waals surface area contributed by atoms with Crippen LogP contribution in [0.15, 0.2) is 6.33 Å². The molecule has 0 atom stereocenters. The van der Waals surface area contributed by atoms with Crippen molar-refractivity contribution in [1.82, 2.24) is 9.97 Å². The Morgan fingerprint density at radius 1 is 1.57 bits per heavy atom. The molecule has 0 aliphatic carbocycles. The molecule has 1 rings (SSSR count). The van der Waals surface area contributed by atoms with Crippen molar-refractivity contribution in [3.63, 3.8) is 0 Å². The third-order valence-electron chi connectivity index (χ3n) is 1.77. The van der Waals surface area contributed by atoms with Crippen LogP contribution in [0.5, 0.6) is 0 Å². The molecule has 0 amide bonds. The number of halogens is 1. The molecular weight excluding hydrogens is 204 g/mol. The predicted octanol–water partition coefficient (Wildman–Crippen LogP) is 1.54. The van der Waals surface area contributed by atoms with Crippen LogP contribution in [0.1, 0.15) is 18.2 Å². The summed E-state index contributed by atoms with van der Waals surface area (Å²) in [5, 5.41) is 0.421. The molecule has 0 saturated carbocycles. The molecule has 0 aliphatic rings. The molecule has 0 radical (unpaired) electrons. The van der Waals surface area contributed by atoms with Crippen molar-refractivity contribution in [3.8, 4) is 0 Å². The van der Waals surface area contributed by atoms with E-state index in [0.29, 0.717) is 18.2 Å². The average molecular weight is 215 g/mol. The molecule has 5 heteroatoms. The van der Waals surface area contributed by atoms with Crippen molar-refractivity contribution < 1.29 is 9.53 Å². The van der Waals surface area contributed by atoms with Gasteiger partial charge in [-0.25, -0.2) is 9.97 Å². The zero-order chi connectivity index (χ0) is 10.6. The highest BCUT2D eigenvalue weighted by molar-refractivity contribution is 6.30. The number of aromatic nitrogens is 2. The van der Waals surface area contributed by atoms with Gasteiger partial charge in [0.25, 0.3) is 0 Å². The molecule has 14 heavy (non-hydrogen) atoms. The predicted molar refractivity (Wildman–Crippen MR) is 52.1 cm³/mol. The van der Waals surface area contributed by atoms with Crippen molar-refractivity contribution in [2.75, 3.05) is 6.61 Å². The lowest BCUT2D eigenvalue weighted by Crippen LogP contribution is -2.06. The van der Waals surface area contributed by atoms with E-state index in [9.17, 15) is 4.79 Å². The number of carbonyl (C=O) groups is 1. The highest BCUT2D eigenvalue weighted by Gasteiger charge is 2.06. The minimum absolute atomic E-state index is 0.296. The quantitative estimate of drug-likeness (QED) is 0.566. The van der Waals surface area contributed by atoms with Crippen LogP contribution in [0, 0.1) is 6.92 Å². The van der Waals surface area contributed by atoms with Crippen molar-refractivity contribution in [3.05, 3.63) is 22.7 Å². The van der Waals surface area contributed by atoms with Crippen LogP contribution in [-0.4, -0.2) is 22.5 Å². The summed E-state index contributed by atoms with van der Waals surface area (Å²) < 4.78 is 4.80. The van der Waals surface area contributed by atoms with Crippen LogP contribution >= 0.6 is 11.6 Å². The van der Waals surface area contributed by atoms with Gasteiger partial charge >= 0.3 is 5.97 Å². The fourth-order valence-electron chi connectivity index (χ4n) is 1.05. The summed E-state index contributed by atoms with van der Waals surface area (Å²) in [6, 6.07) is 0. The van der Waals surface area contributed by atoms with E-state index >= 15 is 0 Å². The number of hydrogen-bond donors (Lipinski definition) is 0. The van der Waals surface area contributed by atoms with E-state index in [4.69, 9.17) is 16.3 Å².